The van der Waals surface area contributed by atoms with Crippen LogP contribution in [0.1, 0.15) is 25.3 Å². The van der Waals surface area contributed by atoms with Gasteiger partial charge in [-0.25, -0.2) is 0 Å². The number of carbonyl (C=O) groups is 1. The minimum atomic E-state index is -4.42. The van der Waals surface area contributed by atoms with Crippen molar-refractivity contribution in [1.82, 2.24) is 10.2 Å². The molecule has 1 aliphatic heterocycles. The molecule has 0 aliphatic carbocycles. The second kappa shape index (κ2) is 9.13. The van der Waals surface area contributed by atoms with Crippen LogP contribution in [0, 0.1) is 0 Å². The molecule has 8 heteroatoms. The maximum atomic E-state index is 12.7. The minimum absolute atomic E-state index is 0. The standard InChI is InChI=1S/C16H21F3N2O2.ClH/c1-2-8-21(13-6-7-20-10-13)15(22)11-23-14-5-3-4-12(9-14)16(17,18)19;/h3-5,9,13,20H,2,6-8,10-11H2,1H3;1H. The van der Waals surface area contributed by atoms with Crippen LogP contribution in [0.25, 0.3) is 0 Å². The van der Waals surface area contributed by atoms with E-state index in [2.05, 4.69) is 5.32 Å². The first-order valence-electron chi connectivity index (χ1n) is 7.72. The van der Waals surface area contributed by atoms with Gasteiger partial charge in [0.1, 0.15) is 5.75 Å². The van der Waals surface area contributed by atoms with E-state index in [1.165, 1.54) is 12.1 Å². The monoisotopic (exact) mass is 366 g/mol. The van der Waals surface area contributed by atoms with E-state index in [0.717, 1.165) is 38.1 Å². The number of nitrogens with zero attached hydrogens (tertiary/aromatic N) is 1. The molecule has 1 unspecified atom stereocenters. The Morgan fingerprint density at radius 2 is 2.17 bits per heavy atom. The molecule has 2 rings (SSSR count). The minimum Gasteiger partial charge on any atom is -0.484 e. The molecule has 1 atom stereocenters. The summed E-state index contributed by atoms with van der Waals surface area (Å²) in [6, 6.07) is 4.71. The highest BCUT2D eigenvalue weighted by Crippen LogP contribution is 2.31. The van der Waals surface area contributed by atoms with Gasteiger partial charge in [-0.2, -0.15) is 13.2 Å². The highest BCUT2D eigenvalue weighted by molar-refractivity contribution is 5.85. The average molecular weight is 367 g/mol. The molecule has 1 saturated heterocycles. The van der Waals surface area contributed by atoms with Gasteiger partial charge in [-0.1, -0.05) is 13.0 Å². The normalized spacial score (nSPS) is 17.2. The number of carbonyl (C=O) groups excluding carboxylic acids is 1. The van der Waals surface area contributed by atoms with Gasteiger partial charge in [0.25, 0.3) is 5.91 Å². The lowest BCUT2D eigenvalue weighted by Gasteiger charge is -2.28. The Kier molecular flexibility index (Phi) is 7.83. The quantitative estimate of drug-likeness (QED) is 0.841. The van der Waals surface area contributed by atoms with Gasteiger partial charge in [-0.05, 0) is 37.6 Å². The Bertz CT molecular complexity index is 534. The average Bonchev–Trinajstić information content (AvgIpc) is 3.04. The molecule has 1 fully saturated rings. The number of amides is 1. The molecule has 4 nitrogen and oxygen atoms in total. The topological polar surface area (TPSA) is 41.6 Å². The number of nitrogens with one attached hydrogen (secondary N) is 1. The van der Waals surface area contributed by atoms with Crippen molar-refractivity contribution in [3.8, 4) is 5.75 Å². The third kappa shape index (κ3) is 5.56. The zero-order valence-electron chi connectivity index (χ0n) is 13.4. The molecular formula is C16H22ClF3N2O2. The predicted molar refractivity (Wildman–Crippen MR) is 87.5 cm³/mol. The molecular weight excluding hydrogens is 345 g/mol. The number of ether oxygens (including phenoxy) is 1. The van der Waals surface area contributed by atoms with Gasteiger partial charge < -0.3 is 15.0 Å². The van der Waals surface area contributed by atoms with E-state index in [4.69, 9.17) is 4.74 Å². The molecule has 1 aliphatic rings. The van der Waals surface area contributed by atoms with E-state index >= 15 is 0 Å². The molecule has 0 bridgehead atoms. The lowest BCUT2D eigenvalue weighted by Crippen LogP contribution is -2.44. The van der Waals surface area contributed by atoms with Crippen LogP contribution in [-0.2, 0) is 11.0 Å². The Hall–Kier alpha value is -1.47. The van der Waals surface area contributed by atoms with E-state index in [0.29, 0.717) is 6.54 Å². The molecule has 0 aromatic heterocycles. The Morgan fingerprint density at radius 3 is 2.75 bits per heavy atom. The molecule has 1 N–H and O–H groups in total. The first kappa shape index (κ1) is 20.6. The van der Waals surface area contributed by atoms with Crippen molar-refractivity contribution in [3.63, 3.8) is 0 Å². The van der Waals surface area contributed by atoms with Gasteiger partial charge in [-0.15, -0.1) is 12.4 Å². The Morgan fingerprint density at radius 1 is 1.42 bits per heavy atom. The summed E-state index contributed by atoms with van der Waals surface area (Å²) in [5, 5.41) is 3.20. The number of hydrogen-bond acceptors (Lipinski definition) is 3. The second-order valence-electron chi connectivity index (χ2n) is 5.55. The summed E-state index contributed by atoms with van der Waals surface area (Å²) in [6.45, 7) is 3.97. The van der Waals surface area contributed by atoms with Gasteiger partial charge in [0.05, 0.1) is 5.56 Å². The van der Waals surface area contributed by atoms with Crippen LogP contribution < -0.4 is 10.1 Å². The van der Waals surface area contributed by atoms with Crippen molar-refractivity contribution in [1.29, 1.82) is 0 Å². The van der Waals surface area contributed by atoms with Crippen LogP contribution in [-0.4, -0.2) is 43.1 Å². The third-order valence-electron chi connectivity index (χ3n) is 3.78. The van der Waals surface area contributed by atoms with E-state index in [1.54, 1.807) is 4.90 Å². The van der Waals surface area contributed by atoms with E-state index in [1.807, 2.05) is 6.92 Å². The van der Waals surface area contributed by atoms with Crippen molar-refractivity contribution in [2.45, 2.75) is 32.0 Å². The largest absolute Gasteiger partial charge is 0.484 e. The van der Waals surface area contributed by atoms with Crippen molar-refractivity contribution in [3.05, 3.63) is 29.8 Å². The van der Waals surface area contributed by atoms with Crippen LogP contribution in [0.5, 0.6) is 5.75 Å². The van der Waals surface area contributed by atoms with Crippen molar-refractivity contribution < 1.29 is 22.7 Å². The Balaban J connectivity index is 0.00000288. The highest BCUT2D eigenvalue weighted by atomic mass is 35.5. The summed E-state index contributed by atoms with van der Waals surface area (Å²) in [5.41, 5.74) is -0.784. The molecule has 1 aromatic carbocycles. The molecule has 0 radical (unpaired) electrons. The zero-order chi connectivity index (χ0) is 16.9. The fourth-order valence-corrected chi connectivity index (χ4v) is 2.65. The summed E-state index contributed by atoms with van der Waals surface area (Å²) < 4.78 is 43.3. The van der Waals surface area contributed by atoms with Gasteiger partial charge >= 0.3 is 6.18 Å². The summed E-state index contributed by atoms with van der Waals surface area (Å²) in [6.07, 6.45) is -2.71. The molecule has 1 heterocycles. The van der Waals surface area contributed by atoms with E-state index in [-0.39, 0.29) is 36.7 Å². The number of benzene rings is 1. The van der Waals surface area contributed by atoms with Crippen LogP contribution in [0.15, 0.2) is 24.3 Å². The molecule has 1 aromatic rings. The zero-order valence-corrected chi connectivity index (χ0v) is 14.3. The lowest BCUT2D eigenvalue weighted by molar-refractivity contribution is -0.137. The summed E-state index contributed by atoms with van der Waals surface area (Å²) >= 11 is 0. The predicted octanol–water partition coefficient (Wildman–Crippen LogP) is 3.11. The molecule has 24 heavy (non-hydrogen) atoms. The summed E-state index contributed by atoms with van der Waals surface area (Å²) in [5.74, 6) is -0.146. The van der Waals surface area contributed by atoms with Crippen molar-refractivity contribution in [2.75, 3.05) is 26.2 Å². The van der Waals surface area contributed by atoms with Gasteiger partial charge in [0.2, 0.25) is 0 Å². The number of halogens is 4. The number of alkyl halides is 3. The SMILES string of the molecule is CCCN(C(=O)COc1cccc(C(F)(F)F)c1)C1CCNC1.Cl. The maximum Gasteiger partial charge on any atom is 0.416 e. The van der Waals surface area contributed by atoms with Gasteiger partial charge in [-0.3, -0.25) is 4.79 Å². The van der Waals surface area contributed by atoms with Crippen LogP contribution >= 0.6 is 12.4 Å². The van der Waals surface area contributed by atoms with Gasteiger partial charge in [0, 0.05) is 19.1 Å². The maximum absolute atomic E-state index is 12.7. The molecule has 136 valence electrons. The smallest absolute Gasteiger partial charge is 0.416 e. The van der Waals surface area contributed by atoms with Gasteiger partial charge in [0.15, 0.2) is 6.61 Å². The third-order valence-corrected chi connectivity index (χ3v) is 3.78. The van der Waals surface area contributed by atoms with Crippen molar-refractivity contribution in [2.24, 2.45) is 0 Å². The van der Waals surface area contributed by atoms with Crippen LogP contribution in [0.4, 0.5) is 13.2 Å². The highest BCUT2D eigenvalue weighted by Gasteiger charge is 2.31. The lowest BCUT2D eigenvalue weighted by atomic mass is 10.2. The molecule has 0 spiro atoms. The number of hydrogen-bond donors (Lipinski definition) is 1. The summed E-state index contributed by atoms with van der Waals surface area (Å²) in [4.78, 5) is 14.1. The fraction of sp³-hybridized carbons (Fsp3) is 0.562. The van der Waals surface area contributed by atoms with E-state index in [9.17, 15) is 18.0 Å². The molecule has 0 saturated carbocycles. The Labute approximate surface area is 145 Å². The molecule has 1 amide bonds. The van der Waals surface area contributed by atoms with Crippen LogP contribution in [0.2, 0.25) is 0 Å². The van der Waals surface area contributed by atoms with E-state index < -0.39 is 11.7 Å². The second-order valence-corrected chi connectivity index (χ2v) is 5.55. The first-order valence-corrected chi connectivity index (χ1v) is 7.72. The number of rotatable bonds is 6. The van der Waals surface area contributed by atoms with Crippen molar-refractivity contribution >= 4 is 18.3 Å². The first-order chi connectivity index (χ1) is 10.9. The fourth-order valence-electron chi connectivity index (χ4n) is 2.65. The van der Waals surface area contributed by atoms with Crippen LogP contribution in [0.3, 0.4) is 0 Å². The summed E-state index contributed by atoms with van der Waals surface area (Å²) in [7, 11) is 0.